The second-order valence-electron chi connectivity index (χ2n) is 6.03. The normalized spacial score (nSPS) is 16.1. The van der Waals surface area contributed by atoms with Crippen LogP contribution in [0.5, 0.6) is 0 Å². The Morgan fingerprint density at radius 2 is 2.04 bits per heavy atom. The Labute approximate surface area is 151 Å². The van der Waals surface area contributed by atoms with E-state index < -0.39 is 6.04 Å². The second-order valence-corrected chi connectivity index (χ2v) is 6.03. The molecule has 0 unspecified atom stereocenters. The van der Waals surface area contributed by atoms with Crippen LogP contribution in [0.15, 0.2) is 42.6 Å². The molecule has 1 aliphatic heterocycles. The fourth-order valence-electron chi connectivity index (χ4n) is 3.23. The number of rotatable bonds is 5. The number of ether oxygens (including phenoxy) is 1. The van der Waals surface area contributed by atoms with E-state index in [0.29, 0.717) is 25.3 Å². The number of halogens is 1. The molecule has 3 rings (SSSR count). The zero-order valence-electron chi connectivity index (χ0n) is 14.7. The van der Waals surface area contributed by atoms with E-state index in [-0.39, 0.29) is 30.8 Å². The van der Waals surface area contributed by atoms with Crippen molar-refractivity contribution in [2.45, 2.75) is 25.9 Å². The van der Waals surface area contributed by atoms with Crippen molar-refractivity contribution >= 4 is 12.0 Å². The van der Waals surface area contributed by atoms with E-state index in [1.807, 2.05) is 22.9 Å². The lowest BCUT2D eigenvalue weighted by molar-refractivity contribution is -0.142. The summed E-state index contributed by atoms with van der Waals surface area (Å²) in [6, 6.07) is 9.44. The van der Waals surface area contributed by atoms with Gasteiger partial charge >= 0.3 is 12.0 Å². The van der Waals surface area contributed by atoms with E-state index in [2.05, 4.69) is 5.32 Å². The summed E-state index contributed by atoms with van der Waals surface area (Å²) >= 11 is 0. The third-order valence-electron chi connectivity index (χ3n) is 4.41. The highest BCUT2D eigenvalue weighted by atomic mass is 19.1. The molecule has 1 aromatic carbocycles. The number of aromatic nitrogens is 1. The van der Waals surface area contributed by atoms with E-state index in [1.165, 1.54) is 6.07 Å². The fraction of sp³-hybridized carbons (Fsp3) is 0.368. The molecule has 0 bridgehead atoms. The van der Waals surface area contributed by atoms with Gasteiger partial charge in [0.1, 0.15) is 11.9 Å². The van der Waals surface area contributed by atoms with Crippen LogP contribution < -0.4 is 5.32 Å². The first-order valence-electron chi connectivity index (χ1n) is 8.71. The van der Waals surface area contributed by atoms with E-state index >= 15 is 0 Å². The summed E-state index contributed by atoms with van der Waals surface area (Å²) in [5.74, 6) is -0.706. The number of amides is 2. The number of urea groups is 1. The summed E-state index contributed by atoms with van der Waals surface area (Å²) in [6.45, 7) is 3.31. The molecule has 7 heteroatoms. The summed E-state index contributed by atoms with van der Waals surface area (Å²) < 4.78 is 21.3. The van der Waals surface area contributed by atoms with Crippen molar-refractivity contribution in [1.29, 1.82) is 0 Å². The van der Waals surface area contributed by atoms with Crippen LogP contribution in [0, 0.1) is 5.82 Å². The molecule has 0 radical (unpaired) electrons. The molecule has 0 spiro atoms. The molecule has 1 N–H and O–H groups in total. The largest absolute Gasteiger partial charge is 0.466 e. The quantitative estimate of drug-likeness (QED) is 0.835. The van der Waals surface area contributed by atoms with Crippen molar-refractivity contribution in [3.8, 4) is 0 Å². The van der Waals surface area contributed by atoms with Crippen LogP contribution in [0.4, 0.5) is 9.18 Å². The van der Waals surface area contributed by atoms with Crippen LogP contribution >= 0.6 is 0 Å². The van der Waals surface area contributed by atoms with Gasteiger partial charge < -0.3 is 19.5 Å². The number of benzene rings is 1. The first kappa shape index (κ1) is 18.0. The minimum Gasteiger partial charge on any atom is -0.466 e. The van der Waals surface area contributed by atoms with Gasteiger partial charge in [0.25, 0.3) is 0 Å². The zero-order chi connectivity index (χ0) is 18.5. The molecule has 1 aliphatic rings. The second kappa shape index (κ2) is 8.03. The Bertz CT molecular complexity index is 790. The maximum Gasteiger partial charge on any atom is 0.318 e. The molecule has 0 aliphatic carbocycles. The molecule has 138 valence electrons. The predicted octanol–water partition coefficient (Wildman–Crippen LogP) is 2.70. The van der Waals surface area contributed by atoms with E-state index in [4.69, 9.17) is 4.74 Å². The van der Waals surface area contributed by atoms with Crippen molar-refractivity contribution in [3.63, 3.8) is 0 Å². The van der Waals surface area contributed by atoms with Crippen LogP contribution in [0.2, 0.25) is 0 Å². The Morgan fingerprint density at radius 1 is 1.23 bits per heavy atom. The highest BCUT2D eigenvalue weighted by molar-refractivity contribution is 5.76. The van der Waals surface area contributed by atoms with Crippen molar-refractivity contribution in [2.24, 2.45) is 0 Å². The molecule has 0 saturated carbocycles. The highest BCUT2D eigenvalue weighted by Crippen LogP contribution is 2.33. The first-order valence-corrected chi connectivity index (χ1v) is 8.71. The van der Waals surface area contributed by atoms with Crippen LogP contribution in [0.1, 0.15) is 30.6 Å². The number of carbonyl (C=O) groups is 2. The van der Waals surface area contributed by atoms with Crippen molar-refractivity contribution in [2.75, 3.05) is 19.7 Å². The van der Waals surface area contributed by atoms with E-state index in [1.54, 1.807) is 30.0 Å². The number of esters is 1. The Morgan fingerprint density at radius 3 is 2.81 bits per heavy atom. The Balaban J connectivity index is 1.78. The van der Waals surface area contributed by atoms with E-state index in [0.717, 1.165) is 5.69 Å². The standard InChI is InChI=1S/C19H22FN3O3/c1-2-26-17(24)9-10-21-19(25)23-13-12-22-11-5-8-16(22)18(23)14-6-3-4-7-15(14)20/h3-8,11,18H,2,9-10,12-13H2,1H3,(H,21,25)/t18-/m0/s1. The lowest BCUT2D eigenvalue weighted by atomic mass is 9.99. The van der Waals surface area contributed by atoms with Crippen LogP contribution in [0.3, 0.4) is 0 Å². The average molecular weight is 359 g/mol. The topological polar surface area (TPSA) is 63.6 Å². The molecule has 6 nitrogen and oxygen atoms in total. The predicted molar refractivity (Wildman–Crippen MR) is 94.0 cm³/mol. The van der Waals surface area contributed by atoms with Gasteiger partial charge in [-0.05, 0) is 25.1 Å². The summed E-state index contributed by atoms with van der Waals surface area (Å²) in [5, 5.41) is 2.74. The summed E-state index contributed by atoms with van der Waals surface area (Å²) in [4.78, 5) is 25.7. The maximum atomic E-state index is 14.4. The highest BCUT2D eigenvalue weighted by Gasteiger charge is 2.33. The molecule has 2 heterocycles. The van der Waals surface area contributed by atoms with Gasteiger partial charge in [0, 0.05) is 37.1 Å². The van der Waals surface area contributed by atoms with Gasteiger partial charge in [-0.15, -0.1) is 0 Å². The van der Waals surface area contributed by atoms with Crippen molar-refractivity contribution in [1.82, 2.24) is 14.8 Å². The Hall–Kier alpha value is -2.83. The molecular formula is C19H22FN3O3. The number of carbonyl (C=O) groups excluding carboxylic acids is 2. The zero-order valence-corrected chi connectivity index (χ0v) is 14.7. The summed E-state index contributed by atoms with van der Waals surface area (Å²) in [5.41, 5.74) is 1.31. The number of hydrogen-bond acceptors (Lipinski definition) is 3. The van der Waals surface area contributed by atoms with E-state index in [9.17, 15) is 14.0 Å². The average Bonchev–Trinajstić information content (AvgIpc) is 3.10. The number of fused-ring (bicyclic) bond motifs is 1. The molecular weight excluding hydrogens is 337 g/mol. The Kier molecular flexibility index (Phi) is 5.55. The molecule has 2 aromatic rings. The van der Waals surface area contributed by atoms with Gasteiger partial charge in [-0.1, -0.05) is 18.2 Å². The number of hydrogen-bond donors (Lipinski definition) is 1. The van der Waals surface area contributed by atoms with Crippen LogP contribution in [-0.2, 0) is 16.1 Å². The molecule has 26 heavy (non-hydrogen) atoms. The fourth-order valence-corrected chi connectivity index (χ4v) is 3.23. The van der Waals surface area contributed by atoms with Crippen molar-refractivity contribution in [3.05, 3.63) is 59.7 Å². The van der Waals surface area contributed by atoms with Gasteiger partial charge in [0.2, 0.25) is 0 Å². The molecule has 0 fully saturated rings. The molecule has 0 saturated heterocycles. The molecule has 2 amide bonds. The van der Waals surface area contributed by atoms with Gasteiger partial charge in [0.05, 0.1) is 13.0 Å². The number of nitrogens with zero attached hydrogens (tertiary/aromatic N) is 2. The van der Waals surface area contributed by atoms with Gasteiger partial charge in [0.15, 0.2) is 0 Å². The van der Waals surface area contributed by atoms with Crippen molar-refractivity contribution < 1.29 is 18.7 Å². The monoisotopic (exact) mass is 359 g/mol. The SMILES string of the molecule is CCOC(=O)CCNC(=O)N1CCn2cccc2[C@@H]1c1ccccc1F. The third kappa shape index (κ3) is 3.71. The van der Waals surface area contributed by atoms with Crippen LogP contribution in [0.25, 0.3) is 0 Å². The van der Waals surface area contributed by atoms with Gasteiger partial charge in [-0.3, -0.25) is 4.79 Å². The smallest absolute Gasteiger partial charge is 0.318 e. The first-order chi connectivity index (χ1) is 12.6. The lowest BCUT2D eigenvalue weighted by Gasteiger charge is -2.37. The molecule has 1 atom stereocenters. The van der Waals surface area contributed by atoms with Crippen LogP contribution in [-0.4, -0.2) is 41.2 Å². The van der Waals surface area contributed by atoms with Gasteiger partial charge in [-0.25, -0.2) is 9.18 Å². The van der Waals surface area contributed by atoms with Gasteiger partial charge in [-0.2, -0.15) is 0 Å². The minimum atomic E-state index is -0.512. The summed E-state index contributed by atoms with van der Waals surface area (Å²) in [7, 11) is 0. The lowest BCUT2D eigenvalue weighted by Crippen LogP contribution is -2.47. The summed E-state index contributed by atoms with van der Waals surface area (Å²) in [6.07, 6.45) is 2.04. The minimum absolute atomic E-state index is 0.105. The third-order valence-corrected chi connectivity index (χ3v) is 4.41. The molecule has 1 aromatic heterocycles. The maximum absolute atomic E-state index is 14.4. The number of nitrogens with one attached hydrogen (secondary N) is 1.